The van der Waals surface area contributed by atoms with Gasteiger partial charge in [0.15, 0.2) is 0 Å². The molecule has 1 rings (SSSR count). The molecule has 1 fully saturated rings. The Bertz CT molecular complexity index is 207. The molecule has 3 nitrogen and oxygen atoms in total. The summed E-state index contributed by atoms with van der Waals surface area (Å²) in [5.74, 6) is 2.19. The zero-order chi connectivity index (χ0) is 10.8. The van der Waals surface area contributed by atoms with Crippen molar-refractivity contribution in [2.24, 2.45) is 0 Å². The van der Waals surface area contributed by atoms with Gasteiger partial charge in [0.25, 0.3) is 0 Å². The molecule has 0 aromatic heterocycles. The van der Waals surface area contributed by atoms with Crippen LogP contribution in [0.15, 0.2) is 0 Å². The van der Waals surface area contributed by atoms with E-state index in [1.54, 1.807) is 4.90 Å². The molecule has 1 heterocycles. The summed E-state index contributed by atoms with van der Waals surface area (Å²) in [5, 5.41) is 0. The second kappa shape index (κ2) is 4.43. The van der Waals surface area contributed by atoms with Gasteiger partial charge < -0.3 is 9.64 Å². The summed E-state index contributed by atoms with van der Waals surface area (Å²) >= 11 is 1.90. The minimum absolute atomic E-state index is 0.204. The van der Waals surface area contributed by atoms with Gasteiger partial charge in [-0.1, -0.05) is 0 Å². The van der Waals surface area contributed by atoms with Crippen molar-refractivity contribution in [2.45, 2.75) is 38.8 Å². The van der Waals surface area contributed by atoms with E-state index < -0.39 is 5.60 Å². The van der Waals surface area contributed by atoms with Crippen LogP contribution >= 0.6 is 11.8 Å². The van der Waals surface area contributed by atoms with Gasteiger partial charge in [-0.15, -0.1) is 0 Å². The maximum atomic E-state index is 11.6. The number of carbonyl (C=O) groups is 1. The van der Waals surface area contributed by atoms with Crippen LogP contribution < -0.4 is 0 Å². The first kappa shape index (κ1) is 11.7. The van der Waals surface area contributed by atoms with Crippen LogP contribution in [0.1, 0.15) is 27.2 Å². The molecule has 14 heavy (non-hydrogen) atoms. The molecule has 0 aromatic carbocycles. The summed E-state index contributed by atoms with van der Waals surface area (Å²) in [7, 11) is 1.82. The van der Waals surface area contributed by atoms with Gasteiger partial charge in [-0.05, 0) is 32.9 Å². The molecule has 1 atom stereocenters. The molecule has 0 spiro atoms. The van der Waals surface area contributed by atoms with Gasteiger partial charge in [0.1, 0.15) is 5.60 Å². The van der Waals surface area contributed by atoms with E-state index in [0.717, 1.165) is 17.9 Å². The molecule has 0 radical (unpaired) electrons. The third kappa shape index (κ3) is 3.40. The van der Waals surface area contributed by atoms with Crippen molar-refractivity contribution in [1.29, 1.82) is 0 Å². The van der Waals surface area contributed by atoms with E-state index in [0.29, 0.717) is 6.04 Å². The van der Waals surface area contributed by atoms with Crippen molar-refractivity contribution in [3.63, 3.8) is 0 Å². The van der Waals surface area contributed by atoms with Gasteiger partial charge in [0, 0.05) is 18.8 Å². The first-order valence-electron chi connectivity index (χ1n) is 4.94. The van der Waals surface area contributed by atoms with Crippen LogP contribution in [0.3, 0.4) is 0 Å². The molecule has 1 unspecified atom stereocenters. The summed E-state index contributed by atoms with van der Waals surface area (Å²) in [4.78, 5) is 13.4. The lowest BCUT2D eigenvalue weighted by Crippen LogP contribution is -2.40. The molecule has 0 N–H and O–H groups in total. The van der Waals surface area contributed by atoms with E-state index in [1.165, 1.54) is 0 Å². The number of hydrogen-bond acceptors (Lipinski definition) is 3. The second-order valence-corrected chi connectivity index (χ2v) is 5.76. The van der Waals surface area contributed by atoms with Gasteiger partial charge in [-0.3, -0.25) is 0 Å². The van der Waals surface area contributed by atoms with Gasteiger partial charge in [-0.2, -0.15) is 11.8 Å². The molecule has 1 amide bonds. The Morgan fingerprint density at radius 1 is 1.50 bits per heavy atom. The Balaban J connectivity index is 2.43. The monoisotopic (exact) mass is 217 g/mol. The number of amides is 1. The van der Waals surface area contributed by atoms with E-state index in [9.17, 15) is 4.79 Å². The lowest BCUT2D eigenvalue weighted by molar-refractivity contribution is 0.0241. The molecular weight excluding hydrogens is 198 g/mol. The highest BCUT2D eigenvalue weighted by molar-refractivity contribution is 7.99. The number of hydrogen-bond donors (Lipinski definition) is 0. The standard InChI is InChI=1S/C10H19NO2S/c1-10(2,3)13-9(12)11(4)8-5-6-14-7-8/h8H,5-7H2,1-4H3. The average Bonchev–Trinajstić information content (AvgIpc) is 2.51. The van der Waals surface area contributed by atoms with Crippen molar-refractivity contribution >= 4 is 17.9 Å². The molecule has 1 saturated heterocycles. The molecule has 0 bridgehead atoms. The Kier molecular flexibility index (Phi) is 3.70. The minimum atomic E-state index is -0.392. The van der Waals surface area contributed by atoms with Crippen LogP contribution in [-0.2, 0) is 4.74 Å². The van der Waals surface area contributed by atoms with Crippen molar-refractivity contribution in [2.75, 3.05) is 18.6 Å². The van der Waals surface area contributed by atoms with E-state index in [1.807, 2.05) is 39.6 Å². The molecule has 0 saturated carbocycles. The number of rotatable bonds is 1. The SMILES string of the molecule is CN(C(=O)OC(C)(C)C)C1CCSC1. The summed E-state index contributed by atoms with van der Waals surface area (Å²) in [6, 6.07) is 0.356. The van der Waals surface area contributed by atoms with Crippen molar-refractivity contribution in [3.8, 4) is 0 Å². The van der Waals surface area contributed by atoms with Gasteiger partial charge in [-0.25, -0.2) is 4.79 Å². The molecule has 1 aliphatic rings. The molecular formula is C10H19NO2S. The minimum Gasteiger partial charge on any atom is -0.444 e. The predicted octanol–water partition coefficient (Wildman–Crippen LogP) is 2.36. The van der Waals surface area contributed by atoms with Crippen molar-refractivity contribution < 1.29 is 9.53 Å². The highest BCUT2D eigenvalue weighted by atomic mass is 32.2. The average molecular weight is 217 g/mol. The highest BCUT2D eigenvalue weighted by Gasteiger charge is 2.27. The molecule has 1 aliphatic heterocycles. The van der Waals surface area contributed by atoms with Crippen molar-refractivity contribution in [1.82, 2.24) is 4.90 Å². The smallest absolute Gasteiger partial charge is 0.410 e. The quantitative estimate of drug-likeness (QED) is 0.675. The summed E-state index contributed by atoms with van der Waals surface area (Å²) in [6.07, 6.45) is 0.880. The van der Waals surface area contributed by atoms with E-state index in [2.05, 4.69) is 0 Å². The molecule has 4 heteroatoms. The van der Waals surface area contributed by atoms with Crippen LogP contribution in [0, 0.1) is 0 Å². The Morgan fingerprint density at radius 2 is 2.14 bits per heavy atom. The van der Waals surface area contributed by atoms with Gasteiger partial charge in [0.05, 0.1) is 0 Å². The topological polar surface area (TPSA) is 29.5 Å². The normalized spacial score (nSPS) is 22.1. The van der Waals surface area contributed by atoms with Crippen LogP contribution in [0.5, 0.6) is 0 Å². The Hall–Kier alpha value is -0.380. The molecule has 0 aliphatic carbocycles. The fourth-order valence-corrected chi connectivity index (χ4v) is 2.58. The number of carbonyl (C=O) groups excluding carboxylic acids is 1. The van der Waals surface area contributed by atoms with E-state index >= 15 is 0 Å². The number of ether oxygens (including phenoxy) is 1. The van der Waals surface area contributed by atoms with Gasteiger partial charge >= 0.3 is 6.09 Å². The second-order valence-electron chi connectivity index (χ2n) is 4.61. The molecule has 0 aromatic rings. The van der Waals surface area contributed by atoms with E-state index in [-0.39, 0.29) is 6.09 Å². The first-order chi connectivity index (χ1) is 6.40. The number of nitrogens with zero attached hydrogens (tertiary/aromatic N) is 1. The largest absolute Gasteiger partial charge is 0.444 e. The van der Waals surface area contributed by atoms with Crippen LogP contribution in [0.4, 0.5) is 4.79 Å². The van der Waals surface area contributed by atoms with Crippen LogP contribution in [-0.4, -0.2) is 41.2 Å². The van der Waals surface area contributed by atoms with Crippen molar-refractivity contribution in [3.05, 3.63) is 0 Å². The summed E-state index contributed by atoms with van der Waals surface area (Å²) in [6.45, 7) is 5.67. The highest BCUT2D eigenvalue weighted by Crippen LogP contribution is 2.22. The van der Waals surface area contributed by atoms with Crippen LogP contribution in [0.2, 0.25) is 0 Å². The fraction of sp³-hybridized carbons (Fsp3) is 0.900. The maximum absolute atomic E-state index is 11.6. The van der Waals surface area contributed by atoms with Gasteiger partial charge in [0.2, 0.25) is 0 Å². The maximum Gasteiger partial charge on any atom is 0.410 e. The zero-order valence-corrected chi connectivity index (χ0v) is 10.2. The third-order valence-corrected chi connectivity index (χ3v) is 3.28. The predicted molar refractivity (Wildman–Crippen MR) is 59.7 cm³/mol. The Labute approximate surface area is 90.2 Å². The first-order valence-corrected chi connectivity index (χ1v) is 6.09. The lowest BCUT2D eigenvalue weighted by atomic mass is 10.2. The fourth-order valence-electron chi connectivity index (χ4n) is 1.31. The molecule has 82 valence electrons. The zero-order valence-electron chi connectivity index (χ0n) is 9.37. The van der Waals surface area contributed by atoms with E-state index in [4.69, 9.17) is 4.74 Å². The summed E-state index contributed by atoms with van der Waals surface area (Å²) < 4.78 is 5.29. The number of thioether (sulfide) groups is 1. The third-order valence-electron chi connectivity index (χ3n) is 2.13. The summed E-state index contributed by atoms with van der Waals surface area (Å²) in [5.41, 5.74) is -0.392. The van der Waals surface area contributed by atoms with Crippen LogP contribution in [0.25, 0.3) is 0 Å². The Morgan fingerprint density at radius 3 is 2.57 bits per heavy atom. The lowest BCUT2D eigenvalue weighted by Gasteiger charge is -2.28.